The molecular formula is C12H14BrClO2. The third-order valence-corrected chi connectivity index (χ3v) is 6.40. The zero-order chi connectivity index (χ0) is 11.7. The van der Waals surface area contributed by atoms with Crippen molar-refractivity contribution in [2.24, 2.45) is 17.3 Å². The Morgan fingerprint density at radius 2 is 2.12 bits per heavy atom. The molecule has 0 spiro atoms. The molecule has 0 aliphatic heterocycles. The van der Waals surface area contributed by atoms with E-state index < -0.39 is 4.32 Å². The van der Waals surface area contributed by atoms with Crippen LogP contribution in [0, 0.1) is 17.3 Å². The number of Topliss-reactive ketones (excluding diaryl/α,β-unsaturated/α-hetero) is 2. The monoisotopic (exact) mass is 304 g/mol. The third kappa shape index (κ3) is 1.09. The fraction of sp³-hybridized carbons (Fsp3) is 0.833. The molecule has 0 aromatic carbocycles. The summed E-state index contributed by atoms with van der Waals surface area (Å²) in [5, 5.41) is -0.163. The van der Waals surface area contributed by atoms with Gasteiger partial charge in [0.15, 0.2) is 5.78 Å². The molecule has 3 aliphatic carbocycles. The first-order valence-electron chi connectivity index (χ1n) is 5.80. The van der Waals surface area contributed by atoms with Crippen molar-refractivity contribution in [2.75, 3.05) is 0 Å². The van der Waals surface area contributed by atoms with E-state index in [1.165, 1.54) is 0 Å². The molecule has 16 heavy (non-hydrogen) atoms. The highest BCUT2D eigenvalue weighted by molar-refractivity contribution is 9.10. The lowest BCUT2D eigenvalue weighted by Crippen LogP contribution is -2.43. The lowest BCUT2D eigenvalue weighted by Gasteiger charge is -2.35. The first-order chi connectivity index (χ1) is 7.39. The van der Waals surface area contributed by atoms with Gasteiger partial charge in [0.05, 0.1) is 4.32 Å². The second-order valence-corrected chi connectivity index (χ2v) is 7.74. The van der Waals surface area contributed by atoms with Gasteiger partial charge < -0.3 is 0 Å². The first-order valence-corrected chi connectivity index (χ1v) is 7.03. The van der Waals surface area contributed by atoms with E-state index in [1.54, 1.807) is 0 Å². The molecule has 4 heteroatoms. The van der Waals surface area contributed by atoms with Crippen LogP contribution >= 0.6 is 27.5 Å². The van der Waals surface area contributed by atoms with Crippen LogP contribution in [0.3, 0.4) is 0 Å². The molecule has 1 unspecified atom stereocenters. The van der Waals surface area contributed by atoms with Gasteiger partial charge in [0, 0.05) is 23.1 Å². The van der Waals surface area contributed by atoms with Gasteiger partial charge in [-0.05, 0) is 25.2 Å². The quantitative estimate of drug-likeness (QED) is 0.645. The lowest BCUT2D eigenvalue weighted by molar-refractivity contribution is -0.131. The molecule has 0 heterocycles. The fourth-order valence-corrected chi connectivity index (χ4v) is 5.92. The number of rotatable bonds is 0. The Morgan fingerprint density at radius 3 is 2.81 bits per heavy atom. The molecule has 0 aromatic heterocycles. The van der Waals surface area contributed by atoms with E-state index in [9.17, 15) is 9.59 Å². The average molecular weight is 306 g/mol. The molecule has 2 nitrogen and oxygen atoms in total. The summed E-state index contributed by atoms with van der Waals surface area (Å²) in [7, 11) is 0. The molecule has 0 N–H and O–H groups in total. The Hall–Kier alpha value is 0.110. The summed E-state index contributed by atoms with van der Waals surface area (Å²) in [6, 6.07) is 0. The van der Waals surface area contributed by atoms with Gasteiger partial charge in [-0.25, -0.2) is 0 Å². The molecule has 5 atom stereocenters. The minimum atomic E-state index is -0.555. The van der Waals surface area contributed by atoms with Crippen LogP contribution in [0.5, 0.6) is 0 Å². The van der Waals surface area contributed by atoms with Gasteiger partial charge in [-0.3, -0.25) is 9.59 Å². The Morgan fingerprint density at radius 1 is 1.44 bits per heavy atom. The van der Waals surface area contributed by atoms with Crippen molar-refractivity contribution in [3.8, 4) is 0 Å². The second kappa shape index (κ2) is 3.11. The zero-order valence-electron chi connectivity index (χ0n) is 9.13. The van der Waals surface area contributed by atoms with Gasteiger partial charge in [-0.15, -0.1) is 11.6 Å². The number of halogens is 2. The standard InChI is InChI=1S/C12H14BrClO2/c1-11-5-6(14)4-8(15)9-7(11)2-3-12(9,13)10(11)16/h6-7,9H,2-5H2,1H3/t6?,7-,9+,11+,12-/m0/s1. The van der Waals surface area contributed by atoms with Crippen molar-refractivity contribution in [1.82, 2.24) is 0 Å². The van der Waals surface area contributed by atoms with Crippen LogP contribution < -0.4 is 0 Å². The number of hydrogen-bond donors (Lipinski definition) is 0. The summed E-state index contributed by atoms with van der Waals surface area (Å²) < 4.78 is -0.555. The van der Waals surface area contributed by atoms with Gasteiger partial charge in [0.25, 0.3) is 0 Å². The van der Waals surface area contributed by atoms with E-state index in [1.807, 2.05) is 6.92 Å². The topological polar surface area (TPSA) is 34.1 Å². The predicted molar refractivity (Wildman–Crippen MR) is 64.9 cm³/mol. The maximum atomic E-state index is 12.5. The van der Waals surface area contributed by atoms with Crippen LogP contribution in [0.4, 0.5) is 0 Å². The van der Waals surface area contributed by atoms with Crippen molar-refractivity contribution in [3.05, 3.63) is 0 Å². The van der Waals surface area contributed by atoms with Crippen LogP contribution in [0.2, 0.25) is 0 Å². The molecule has 4 bridgehead atoms. The number of ketones is 2. The van der Waals surface area contributed by atoms with Gasteiger partial charge >= 0.3 is 0 Å². The highest BCUT2D eigenvalue weighted by Gasteiger charge is 2.71. The molecule has 3 rings (SSSR count). The number of carbonyl (C=O) groups is 2. The summed E-state index contributed by atoms with van der Waals surface area (Å²) in [6.07, 6.45) is 2.88. The van der Waals surface area contributed by atoms with E-state index in [2.05, 4.69) is 15.9 Å². The van der Waals surface area contributed by atoms with Crippen molar-refractivity contribution >= 4 is 39.1 Å². The molecule has 0 radical (unpaired) electrons. The lowest BCUT2D eigenvalue weighted by atomic mass is 9.71. The number of carbonyl (C=O) groups excluding carboxylic acids is 2. The van der Waals surface area contributed by atoms with E-state index in [0.29, 0.717) is 12.8 Å². The minimum Gasteiger partial charge on any atom is -0.299 e. The summed E-state index contributed by atoms with van der Waals surface area (Å²) in [6.45, 7) is 2.00. The Balaban J connectivity index is 2.15. The van der Waals surface area contributed by atoms with Crippen molar-refractivity contribution in [3.63, 3.8) is 0 Å². The SMILES string of the molecule is C[C@@]12CC(Cl)CC(=O)[C@H]3[C@@H]1CC[C@@]3(Br)C2=O. The predicted octanol–water partition coefficient (Wildman–Crippen LogP) is 2.71. The average Bonchev–Trinajstić information content (AvgIpc) is 2.56. The first kappa shape index (κ1) is 11.2. The third-order valence-electron chi connectivity index (χ3n) is 4.84. The van der Waals surface area contributed by atoms with Crippen LogP contribution in [0.15, 0.2) is 0 Å². The Kier molecular flexibility index (Phi) is 2.18. The Labute approximate surface area is 108 Å². The summed E-state index contributed by atoms with van der Waals surface area (Å²) in [4.78, 5) is 24.6. The van der Waals surface area contributed by atoms with Gasteiger partial charge in [-0.2, -0.15) is 0 Å². The molecule has 3 fully saturated rings. The van der Waals surface area contributed by atoms with Gasteiger partial charge in [0.1, 0.15) is 5.78 Å². The zero-order valence-corrected chi connectivity index (χ0v) is 11.5. The largest absolute Gasteiger partial charge is 0.299 e. The van der Waals surface area contributed by atoms with E-state index >= 15 is 0 Å². The Bertz CT molecular complexity index is 396. The maximum absolute atomic E-state index is 12.5. The number of alkyl halides is 2. The minimum absolute atomic E-state index is 0.117. The fourth-order valence-electron chi connectivity index (χ4n) is 4.19. The van der Waals surface area contributed by atoms with E-state index in [-0.39, 0.29) is 34.2 Å². The highest BCUT2D eigenvalue weighted by Crippen LogP contribution is 2.66. The highest BCUT2D eigenvalue weighted by atomic mass is 79.9. The smallest absolute Gasteiger partial charge is 0.156 e. The normalized spacial score (nSPS) is 55.6. The van der Waals surface area contributed by atoms with Crippen molar-refractivity contribution in [2.45, 2.75) is 42.3 Å². The molecule has 3 aliphatic rings. The van der Waals surface area contributed by atoms with Gasteiger partial charge in [0.2, 0.25) is 0 Å². The molecule has 0 aromatic rings. The van der Waals surface area contributed by atoms with E-state index in [0.717, 1.165) is 12.8 Å². The van der Waals surface area contributed by atoms with Crippen LogP contribution in [-0.4, -0.2) is 21.3 Å². The van der Waals surface area contributed by atoms with Gasteiger partial charge in [-0.1, -0.05) is 22.9 Å². The summed E-state index contributed by atoms with van der Waals surface area (Å²) >= 11 is 9.73. The number of hydrogen-bond acceptors (Lipinski definition) is 2. The molecule has 3 saturated carbocycles. The summed E-state index contributed by atoms with van der Waals surface area (Å²) in [5.41, 5.74) is -0.370. The van der Waals surface area contributed by atoms with E-state index in [4.69, 9.17) is 11.6 Å². The second-order valence-electron chi connectivity index (χ2n) is 5.70. The molecular weight excluding hydrogens is 291 g/mol. The van der Waals surface area contributed by atoms with Crippen molar-refractivity contribution in [1.29, 1.82) is 0 Å². The molecule has 0 saturated heterocycles. The summed E-state index contributed by atoms with van der Waals surface area (Å²) in [5.74, 6) is 0.512. The van der Waals surface area contributed by atoms with Crippen molar-refractivity contribution < 1.29 is 9.59 Å². The molecule has 88 valence electrons. The van der Waals surface area contributed by atoms with Crippen LogP contribution in [-0.2, 0) is 9.59 Å². The maximum Gasteiger partial charge on any atom is 0.156 e. The van der Waals surface area contributed by atoms with Crippen LogP contribution in [0.1, 0.15) is 32.6 Å². The molecule has 0 amide bonds. The van der Waals surface area contributed by atoms with Crippen LogP contribution in [0.25, 0.3) is 0 Å².